The van der Waals surface area contributed by atoms with Crippen LogP contribution in [0.15, 0.2) is 59.0 Å². The second-order valence-corrected chi connectivity index (χ2v) is 8.03. The van der Waals surface area contributed by atoms with Gasteiger partial charge in [-0.25, -0.2) is 4.98 Å². The predicted octanol–water partition coefficient (Wildman–Crippen LogP) is 4.34. The van der Waals surface area contributed by atoms with Crippen molar-refractivity contribution >= 4 is 33.1 Å². The van der Waals surface area contributed by atoms with Gasteiger partial charge in [0.05, 0.1) is 31.6 Å². The second kappa shape index (κ2) is 9.23. The number of nitrogens with one attached hydrogen (secondary N) is 1. The molecule has 0 aliphatic carbocycles. The van der Waals surface area contributed by atoms with Gasteiger partial charge in [-0.2, -0.15) is 0 Å². The van der Waals surface area contributed by atoms with Crippen LogP contribution in [0.1, 0.15) is 12.5 Å². The quantitative estimate of drug-likeness (QED) is 0.454. The molecule has 2 heterocycles. The third kappa shape index (κ3) is 4.22. The van der Waals surface area contributed by atoms with Crippen molar-refractivity contribution in [3.63, 3.8) is 0 Å². The van der Waals surface area contributed by atoms with Gasteiger partial charge in [0.1, 0.15) is 22.9 Å². The summed E-state index contributed by atoms with van der Waals surface area (Å²) in [5, 5.41) is 5.25. The van der Waals surface area contributed by atoms with Crippen molar-refractivity contribution in [1.29, 1.82) is 0 Å². The average Bonchev–Trinajstić information content (AvgIpc) is 3.26. The molecule has 1 N–H and O–H groups in total. The van der Waals surface area contributed by atoms with Crippen LogP contribution in [0, 0.1) is 0 Å². The Morgan fingerprint density at radius 3 is 2.59 bits per heavy atom. The van der Waals surface area contributed by atoms with Crippen LogP contribution in [-0.4, -0.2) is 29.7 Å². The van der Waals surface area contributed by atoms with E-state index >= 15 is 0 Å². The Morgan fingerprint density at radius 1 is 1.12 bits per heavy atom. The van der Waals surface area contributed by atoms with Gasteiger partial charge >= 0.3 is 0 Å². The molecule has 32 heavy (non-hydrogen) atoms. The van der Waals surface area contributed by atoms with Crippen LogP contribution in [0.4, 0.5) is 5.69 Å². The monoisotopic (exact) mass is 449 g/mol. The highest BCUT2D eigenvalue weighted by Crippen LogP contribution is 2.31. The summed E-state index contributed by atoms with van der Waals surface area (Å²) in [6, 6.07) is 13.2. The van der Waals surface area contributed by atoms with E-state index in [1.807, 2.05) is 17.5 Å². The molecule has 0 saturated carbocycles. The van der Waals surface area contributed by atoms with E-state index in [1.54, 1.807) is 25.3 Å². The van der Waals surface area contributed by atoms with E-state index in [-0.39, 0.29) is 18.0 Å². The number of hydrogen-bond acceptors (Lipinski definition) is 6. The van der Waals surface area contributed by atoms with Gasteiger partial charge in [0.25, 0.3) is 5.56 Å². The van der Waals surface area contributed by atoms with E-state index in [0.29, 0.717) is 27.4 Å². The molecule has 0 unspecified atom stereocenters. The maximum absolute atomic E-state index is 13.2. The Kier molecular flexibility index (Phi) is 6.23. The number of aryl methyl sites for hydroxylation is 1. The van der Waals surface area contributed by atoms with Gasteiger partial charge in [0, 0.05) is 17.0 Å². The molecule has 0 aliphatic rings. The third-order valence-corrected chi connectivity index (χ3v) is 6.12. The number of thiophene rings is 1. The van der Waals surface area contributed by atoms with E-state index in [0.717, 1.165) is 17.5 Å². The molecule has 7 nitrogen and oxygen atoms in total. The lowest BCUT2D eigenvalue weighted by Gasteiger charge is -2.12. The van der Waals surface area contributed by atoms with E-state index in [2.05, 4.69) is 29.4 Å². The summed E-state index contributed by atoms with van der Waals surface area (Å²) in [4.78, 5) is 30.9. The first-order chi connectivity index (χ1) is 15.5. The highest BCUT2D eigenvalue weighted by atomic mass is 32.1. The molecule has 2 aromatic carbocycles. The van der Waals surface area contributed by atoms with Crippen LogP contribution in [-0.2, 0) is 17.8 Å². The van der Waals surface area contributed by atoms with E-state index in [4.69, 9.17) is 9.47 Å². The number of rotatable bonds is 7. The Morgan fingerprint density at radius 2 is 1.91 bits per heavy atom. The summed E-state index contributed by atoms with van der Waals surface area (Å²) in [5.74, 6) is 0.720. The van der Waals surface area contributed by atoms with Crippen molar-refractivity contribution in [1.82, 2.24) is 9.55 Å². The van der Waals surface area contributed by atoms with Gasteiger partial charge < -0.3 is 14.8 Å². The first kappa shape index (κ1) is 21.6. The number of fused-ring (bicyclic) bond motifs is 1. The zero-order valence-electron chi connectivity index (χ0n) is 18.0. The van der Waals surface area contributed by atoms with Crippen molar-refractivity contribution in [2.24, 2.45) is 0 Å². The Labute approximate surface area is 189 Å². The molecular weight excluding hydrogens is 426 g/mol. The SMILES string of the molecule is CCc1ccc(-c2csc3ncn(CC(=O)Nc4ccc(OC)cc4OC)c(=O)c23)cc1. The van der Waals surface area contributed by atoms with Crippen molar-refractivity contribution in [2.75, 3.05) is 19.5 Å². The molecule has 0 saturated heterocycles. The second-order valence-electron chi connectivity index (χ2n) is 7.17. The number of carbonyl (C=O) groups is 1. The number of methoxy groups -OCH3 is 2. The highest BCUT2D eigenvalue weighted by Gasteiger charge is 2.16. The first-order valence-electron chi connectivity index (χ1n) is 10.1. The highest BCUT2D eigenvalue weighted by molar-refractivity contribution is 7.17. The summed E-state index contributed by atoms with van der Waals surface area (Å²) in [7, 11) is 3.07. The summed E-state index contributed by atoms with van der Waals surface area (Å²) < 4.78 is 11.8. The van der Waals surface area contributed by atoms with Crippen molar-refractivity contribution in [3.05, 3.63) is 70.1 Å². The summed E-state index contributed by atoms with van der Waals surface area (Å²) in [6.07, 6.45) is 2.36. The van der Waals surface area contributed by atoms with Gasteiger partial charge in [0.15, 0.2) is 0 Å². The van der Waals surface area contributed by atoms with E-state index in [9.17, 15) is 9.59 Å². The number of amides is 1. The number of hydrogen-bond donors (Lipinski definition) is 1. The largest absolute Gasteiger partial charge is 0.497 e. The Hall–Kier alpha value is -3.65. The number of benzene rings is 2. The maximum Gasteiger partial charge on any atom is 0.263 e. The molecule has 0 radical (unpaired) electrons. The van der Waals surface area contributed by atoms with E-state index in [1.165, 1.54) is 34.9 Å². The summed E-state index contributed by atoms with van der Waals surface area (Å²) in [5.41, 5.74) is 3.26. The molecule has 1 amide bonds. The van der Waals surface area contributed by atoms with Gasteiger partial charge in [-0.05, 0) is 29.7 Å². The molecule has 0 atom stereocenters. The predicted molar refractivity (Wildman–Crippen MR) is 127 cm³/mol. The standard InChI is InChI=1S/C24H23N3O4S/c1-4-15-5-7-16(8-6-15)18-13-32-23-22(18)24(29)27(14-25-23)12-21(28)26-19-10-9-17(30-2)11-20(19)31-3/h5-11,13-14H,4,12H2,1-3H3,(H,26,28). The summed E-state index contributed by atoms with van der Waals surface area (Å²) >= 11 is 1.42. The van der Waals surface area contributed by atoms with Crippen LogP contribution in [0.25, 0.3) is 21.3 Å². The molecular formula is C24H23N3O4S. The van der Waals surface area contributed by atoms with Gasteiger partial charge in [-0.15, -0.1) is 11.3 Å². The third-order valence-electron chi connectivity index (χ3n) is 5.23. The number of carbonyl (C=O) groups excluding carboxylic acids is 1. The van der Waals surface area contributed by atoms with Crippen LogP contribution >= 0.6 is 11.3 Å². The minimum Gasteiger partial charge on any atom is -0.497 e. The van der Waals surface area contributed by atoms with Crippen LogP contribution < -0.4 is 20.3 Å². The zero-order chi connectivity index (χ0) is 22.7. The molecule has 8 heteroatoms. The lowest BCUT2D eigenvalue weighted by molar-refractivity contribution is -0.116. The number of aromatic nitrogens is 2. The zero-order valence-corrected chi connectivity index (χ0v) is 18.9. The van der Waals surface area contributed by atoms with Gasteiger partial charge in [-0.1, -0.05) is 31.2 Å². The fourth-order valence-electron chi connectivity index (χ4n) is 3.46. The van der Waals surface area contributed by atoms with E-state index < -0.39 is 0 Å². The molecule has 164 valence electrons. The molecule has 0 aliphatic heterocycles. The fraction of sp³-hybridized carbons (Fsp3) is 0.208. The van der Waals surface area contributed by atoms with Crippen LogP contribution in [0.5, 0.6) is 11.5 Å². The number of nitrogens with zero attached hydrogens (tertiary/aromatic N) is 2. The molecule has 0 spiro atoms. The van der Waals surface area contributed by atoms with Gasteiger partial charge in [0.2, 0.25) is 5.91 Å². The smallest absolute Gasteiger partial charge is 0.263 e. The lowest BCUT2D eigenvalue weighted by atomic mass is 10.0. The number of ether oxygens (including phenoxy) is 2. The maximum atomic E-state index is 13.2. The fourth-order valence-corrected chi connectivity index (χ4v) is 4.37. The molecule has 4 rings (SSSR count). The van der Waals surface area contributed by atoms with Crippen molar-refractivity contribution < 1.29 is 14.3 Å². The normalized spacial score (nSPS) is 10.8. The molecule has 0 bridgehead atoms. The van der Waals surface area contributed by atoms with Crippen molar-refractivity contribution in [2.45, 2.75) is 19.9 Å². The molecule has 0 fully saturated rings. The molecule has 2 aromatic heterocycles. The van der Waals surface area contributed by atoms with Gasteiger partial charge in [-0.3, -0.25) is 14.2 Å². The minimum absolute atomic E-state index is 0.166. The Bertz CT molecular complexity index is 1330. The minimum atomic E-state index is -0.360. The Balaban J connectivity index is 1.62. The first-order valence-corrected chi connectivity index (χ1v) is 11.0. The number of anilines is 1. The topological polar surface area (TPSA) is 82.5 Å². The van der Waals surface area contributed by atoms with Crippen molar-refractivity contribution in [3.8, 4) is 22.6 Å². The lowest BCUT2D eigenvalue weighted by Crippen LogP contribution is -2.27. The molecule has 4 aromatic rings. The average molecular weight is 450 g/mol. The summed E-state index contributed by atoms with van der Waals surface area (Å²) in [6.45, 7) is 1.94. The van der Waals surface area contributed by atoms with Crippen LogP contribution in [0.3, 0.4) is 0 Å². The van der Waals surface area contributed by atoms with Crippen LogP contribution in [0.2, 0.25) is 0 Å².